The van der Waals surface area contributed by atoms with Crippen LogP contribution in [0.2, 0.25) is 0 Å². The van der Waals surface area contributed by atoms with E-state index in [2.05, 4.69) is 191 Å². The zero-order valence-corrected chi connectivity index (χ0v) is 50.6. The van der Waals surface area contributed by atoms with Crippen molar-refractivity contribution in [3.05, 3.63) is 170 Å². The van der Waals surface area contributed by atoms with E-state index in [1.54, 1.807) is 0 Å². The summed E-state index contributed by atoms with van der Waals surface area (Å²) in [5.41, 5.74) is 0. The van der Waals surface area contributed by atoms with E-state index in [0.717, 1.165) is 148 Å². The van der Waals surface area contributed by atoms with Crippen LogP contribution in [-0.2, 0) is 28.6 Å². The molecule has 0 amide bonds. The van der Waals surface area contributed by atoms with Crippen LogP contribution in [0.3, 0.4) is 0 Å². The maximum Gasteiger partial charge on any atom is 0.306 e. The molecule has 0 fully saturated rings. The monoisotopic (exact) mass is 1090 g/mol. The molecule has 0 N–H and O–H groups in total. The van der Waals surface area contributed by atoms with Crippen molar-refractivity contribution >= 4 is 17.9 Å². The van der Waals surface area contributed by atoms with Crippen molar-refractivity contribution < 1.29 is 28.6 Å². The van der Waals surface area contributed by atoms with Crippen LogP contribution in [0.1, 0.15) is 252 Å². The van der Waals surface area contributed by atoms with Gasteiger partial charge in [0, 0.05) is 19.3 Å². The molecule has 0 aromatic rings. The first kappa shape index (κ1) is 73.8. The van der Waals surface area contributed by atoms with Crippen LogP contribution in [0.4, 0.5) is 0 Å². The van der Waals surface area contributed by atoms with Gasteiger partial charge in [0.1, 0.15) is 13.2 Å². The fourth-order valence-corrected chi connectivity index (χ4v) is 8.05. The van der Waals surface area contributed by atoms with Crippen LogP contribution < -0.4 is 0 Å². The molecule has 0 aliphatic rings. The topological polar surface area (TPSA) is 78.9 Å². The van der Waals surface area contributed by atoms with Gasteiger partial charge in [-0.05, 0) is 135 Å². The maximum absolute atomic E-state index is 12.9. The molecule has 0 bridgehead atoms. The highest BCUT2D eigenvalue weighted by atomic mass is 16.6. The van der Waals surface area contributed by atoms with Crippen LogP contribution in [0.15, 0.2) is 170 Å². The maximum atomic E-state index is 12.9. The zero-order chi connectivity index (χ0) is 57.1. The summed E-state index contributed by atoms with van der Waals surface area (Å²) in [4.78, 5) is 38.1. The third-order valence-electron chi connectivity index (χ3n) is 12.7. The lowest BCUT2D eigenvalue weighted by Gasteiger charge is -2.18. The van der Waals surface area contributed by atoms with Crippen LogP contribution >= 0.6 is 0 Å². The minimum atomic E-state index is -0.808. The van der Waals surface area contributed by atoms with E-state index in [4.69, 9.17) is 14.2 Å². The number of ether oxygens (including phenoxy) is 3. The lowest BCUT2D eigenvalue weighted by Crippen LogP contribution is -2.30. The molecule has 6 nitrogen and oxygen atoms in total. The van der Waals surface area contributed by atoms with Crippen LogP contribution in [0.25, 0.3) is 0 Å². The summed E-state index contributed by atoms with van der Waals surface area (Å²) in [7, 11) is 0. The Kier molecular flexibility index (Phi) is 61.0. The number of hydrogen-bond donors (Lipinski definition) is 0. The molecule has 0 saturated carbocycles. The summed E-state index contributed by atoms with van der Waals surface area (Å²) >= 11 is 0. The van der Waals surface area contributed by atoms with Crippen molar-refractivity contribution in [1.82, 2.24) is 0 Å². The fourth-order valence-electron chi connectivity index (χ4n) is 8.05. The Hall–Kier alpha value is -5.23. The van der Waals surface area contributed by atoms with Crippen molar-refractivity contribution in [3.8, 4) is 0 Å². The summed E-state index contributed by atoms with van der Waals surface area (Å²) in [6.45, 7) is 6.31. The summed E-state index contributed by atoms with van der Waals surface area (Å²) < 4.78 is 16.8. The van der Waals surface area contributed by atoms with Crippen molar-refractivity contribution in [2.75, 3.05) is 13.2 Å². The Morgan fingerprint density at radius 3 is 0.797 bits per heavy atom. The molecule has 0 saturated heterocycles. The third-order valence-corrected chi connectivity index (χ3v) is 12.7. The predicted octanol–water partition coefficient (Wildman–Crippen LogP) is 21.9. The van der Waals surface area contributed by atoms with E-state index in [1.807, 2.05) is 0 Å². The first-order valence-corrected chi connectivity index (χ1v) is 31.6. The van der Waals surface area contributed by atoms with Gasteiger partial charge in [0.25, 0.3) is 0 Å². The van der Waals surface area contributed by atoms with Gasteiger partial charge < -0.3 is 14.2 Å². The summed E-state index contributed by atoms with van der Waals surface area (Å²) in [5, 5.41) is 0. The average Bonchev–Trinajstić information content (AvgIpc) is 3.45. The normalized spacial score (nSPS) is 13.3. The van der Waals surface area contributed by atoms with Gasteiger partial charge in [-0.1, -0.05) is 268 Å². The third kappa shape index (κ3) is 63.5. The predicted molar refractivity (Wildman–Crippen MR) is 343 cm³/mol. The second-order valence-corrected chi connectivity index (χ2v) is 20.2. The fraction of sp³-hybridized carbons (Fsp3) is 0.575. The van der Waals surface area contributed by atoms with Gasteiger partial charge in [-0.3, -0.25) is 14.4 Å². The zero-order valence-electron chi connectivity index (χ0n) is 50.6. The molecular weight excluding hydrogens is 973 g/mol. The van der Waals surface area contributed by atoms with Crippen molar-refractivity contribution in [3.63, 3.8) is 0 Å². The molecule has 0 aliphatic carbocycles. The van der Waals surface area contributed by atoms with Crippen LogP contribution in [-0.4, -0.2) is 37.2 Å². The highest BCUT2D eigenvalue weighted by Gasteiger charge is 2.19. The molecule has 1 unspecified atom stereocenters. The Bertz CT molecular complexity index is 1820. The van der Waals surface area contributed by atoms with Gasteiger partial charge in [0.05, 0.1) is 0 Å². The number of allylic oxidation sites excluding steroid dienone is 28. The largest absolute Gasteiger partial charge is 0.462 e. The number of esters is 3. The smallest absolute Gasteiger partial charge is 0.306 e. The minimum absolute atomic E-state index is 0.102. The second kappa shape index (κ2) is 65.3. The molecule has 0 aromatic carbocycles. The average molecular weight is 1090 g/mol. The van der Waals surface area contributed by atoms with E-state index >= 15 is 0 Å². The SMILES string of the molecule is CC/C=C\C/C=C\C/C=C\C/C=C\C/C=C\C/C=C\C/C=C\C/C=C\CCCCC(=O)OCC(COC(=O)CCCCCCCCC)OC(=O)CCCCCCCCCC/C=C\C/C=C\C/C=C\C/C=C\C/C=C\C/C=C\CC. The molecule has 6 heteroatoms. The molecule has 0 aliphatic heterocycles. The molecule has 0 radical (unpaired) electrons. The molecule has 0 aromatic heterocycles. The Balaban J connectivity index is 4.31. The summed E-state index contributed by atoms with van der Waals surface area (Å²) in [6, 6.07) is 0. The number of rotatable bonds is 55. The molecule has 1 atom stereocenters. The van der Waals surface area contributed by atoms with Crippen LogP contribution in [0, 0.1) is 0 Å². The van der Waals surface area contributed by atoms with E-state index < -0.39 is 6.10 Å². The van der Waals surface area contributed by atoms with E-state index in [0.29, 0.717) is 25.7 Å². The molecule has 0 spiro atoms. The van der Waals surface area contributed by atoms with Crippen molar-refractivity contribution in [1.29, 1.82) is 0 Å². The lowest BCUT2D eigenvalue weighted by molar-refractivity contribution is -0.167. The van der Waals surface area contributed by atoms with Gasteiger partial charge in [0.2, 0.25) is 0 Å². The number of unbranched alkanes of at least 4 members (excludes halogenated alkanes) is 16. The minimum Gasteiger partial charge on any atom is -0.462 e. The van der Waals surface area contributed by atoms with Gasteiger partial charge in [-0.25, -0.2) is 0 Å². The highest BCUT2D eigenvalue weighted by Crippen LogP contribution is 2.14. The summed E-state index contributed by atoms with van der Waals surface area (Å²) in [5.74, 6) is -0.970. The molecule has 79 heavy (non-hydrogen) atoms. The molecule has 0 rings (SSSR count). The molecule has 442 valence electrons. The Labute approximate surface area is 485 Å². The Morgan fingerprint density at radius 2 is 0.494 bits per heavy atom. The van der Waals surface area contributed by atoms with E-state index in [1.165, 1.54) is 57.8 Å². The second-order valence-electron chi connectivity index (χ2n) is 20.2. The standard InChI is InChI=1S/C73H114O6/c1-4-7-10-13-16-18-20-22-24-26-28-30-32-34-36-38-40-42-44-46-48-50-52-54-57-60-63-66-72(75)78-69-70(68-77-71(74)65-62-59-56-15-12-9-6-3)79-73(76)67-64-61-58-55-53-51-49-47-45-43-41-39-37-35-33-31-29-27-25-23-21-19-17-14-11-8-5-2/h7-8,10-11,16-19,22-25,28-31,34-37,40-43,46,48,52,54,70H,4-6,9,12-15,20-21,26-27,32-33,38-39,44-45,47,49-51,53,55-69H2,1-3H3/b10-7-,11-8-,18-16-,19-17-,24-22-,25-23-,30-28-,31-29-,36-34-,37-35-,42-40-,43-41-,48-46-,54-52-. The van der Waals surface area contributed by atoms with Gasteiger partial charge in [-0.15, -0.1) is 0 Å². The number of carbonyl (C=O) groups excluding carboxylic acids is 3. The van der Waals surface area contributed by atoms with Gasteiger partial charge in [-0.2, -0.15) is 0 Å². The van der Waals surface area contributed by atoms with Crippen LogP contribution in [0.5, 0.6) is 0 Å². The molecule has 0 heterocycles. The number of carbonyl (C=O) groups is 3. The number of hydrogen-bond acceptors (Lipinski definition) is 6. The highest BCUT2D eigenvalue weighted by molar-refractivity contribution is 5.71. The summed E-state index contributed by atoms with van der Waals surface area (Å²) in [6.07, 6.45) is 96.6. The van der Waals surface area contributed by atoms with Gasteiger partial charge in [0.15, 0.2) is 6.10 Å². The van der Waals surface area contributed by atoms with E-state index in [-0.39, 0.29) is 31.1 Å². The van der Waals surface area contributed by atoms with E-state index in [9.17, 15) is 14.4 Å². The first-order chi connectivity index (χ1) is 39.0. The van der Waals surface area contributed by atoms with Crippen molar-refractivity contribution in [2.45, 2.75) is 258 Å². The lowest BCUT2D eigenvalue weighted by atomic mass is 10.1. The van der Waals surface area contributed by atoms with Crippen molar-refractivity contribution in [2.24, 2.45) is 0 Å². The Morgan fingerprint density at radius 1 is 0.266 bits per heavy atom. The quantitative estimate of drug-likeness (QED) is 0.0261. The van der Waals surface area contributed by atoms with Gasteiger partial charge >= 0.3 is 17.9 Å². The molecular formula is C73H114O6. The first-order valence-electron chi connectivity index (χ1n) is 31.6.